The molecule has 0 bridgehead atoms. The van der Waals surface area contributed by atoms with Crippen molar-refractivity contribution in [3.8, 4) is 0 Å². The van der Waals surface area contributed by atoms with E-state index in [4.69, 9.17) is 0 Å². The van der Waals surface area contributed by atoms with Gasteiger partial charge in [0.05, 0.1) is 0 Å². The van der Waals surface area contributed by atoms with Gasteiger partial charge in [-0.2, -0.15) is 0 Å². The molecule has 1 aliphatic rings. The van der Waals surface area contributed by atoms with Gasteiger partial charge < -0.3 is 4.79 Å². The maximum absolute atomic E-state index is 12.9. The van der Waals surface area contributed by atoms with E-state index in [-0.39, 0.29) is 6.42 Å². The summed E-state index contributed by atoms with van der Waals surface area (Å²) >= 11 is 0. The van der Waals surface area contributed by atoms with E-state index in [1.807, 2.05) is 0 Å². The summed E-state index contributed by atoms with van der Waals surface area (Å²) in [5.74, 6) is -2.85. The van der Waals surface area contributed by atoms with Crippen LogP contribution in [-0.4, -0.2) is 12.2 Å². The average Bonchev–Trinajstić information content (AvgIpc) is 2.72. The zero-order valence-electron chi connectivity index (χ0n) is 6.84. The summed E-state index contributed by atoms with van der Waals surface area (Å²) in [6.45, 7) is 0. The van der Waals surface area contributed by atoms with Gasteiger partial charge in [-0.1, -0.05) is 30.3 Å². The third kappa shape index (κ3) is 0.996. The number of rotatable bonds is 2. The zero-order chi connectivity index (χ0) is 9.53. The Balaban J connectivity index is 2.42. The summed E-state index contributed by atoms with van der Waals surface area (Å²) in [4.78, 5) is 10.6. The third-order valence-electron chi connectivity index (χ3n) is 2.52. The third-order valence-corrected chi connectivity index (χ3v) is 2.52. The number of aldehydes is 1. The Labute approximate surface area is 74.4 Å². The minimum absolute atomic E-state index is 0.354. The summed E-state index contributed by atoms with van der Waals surface area (Å²) in [5, 5.41) is 0. The van der Waals surface area contributed by atoms with Crippen molar-refractivity contribution >= 4 is 6.29 Å². The fourth-order valence-corrected chi connectivity index (χ4v) is 1.55. The van der Waals surface area contributed by atoms with Crippen molar-refractivity contribution in [3.05, 3.63) is 35.9 Å². The van der Waals surface area contributed by atoms with Gasteiger partial charge in [0.1, 0.15) is 11.7 Å². The molecule has 0 N–H and O–H groups in total. The summed E-state index contributed by atoms with van der Waals surface area (Å²) in [5.41, 5.74) is -1.12. The molecule has 1 aromatic rings. The van der Waals surface area contributed by atoms with Crippen LogP contribution >= 0.6 is 0 Å². The van der Waals surface area contributed by atoms with E-state index in [1.54, 1.807) is 30.3 Å². The summed E-state index contributed by atoms with van der Waals surface area (Å²) in [6, 6.07) is 8.19. The van der Waals surface area contributed by atoms with E-state index >= 15 is 0 Å². The first-order chi connectivity index (χ1) is 6.12. The van der Waals surface area contributed by atoms with Crippen molar-refractivity contribution < 1.29 is 13.6 Å². The zero-order valence-corrected chi connectivity index (χ0v) is 6.84. The van der Waals surface area contributed by atoms with E-state index in [9.17, 15) is 13.6 Å². The molecule has 2 rings (SSSR count). The molecule has 0 amide bonds. The second-order valence-corrected chi connectivity index (χ2v) is 3.34. The van der Waals surface area contributed by atoms with E-state index in [0.717, 1.165) is 0 Å². The van der Waals surface area contributed by atoms with Crippen LogP contribution in [0.2, 0.25) is 0 Å². The minimum atomic E-state index is -2.85. The number of alkyl halides is 2. The first kappa shape index (κ1) is 8.35. The number of benzene rings is 1. The van der Waals surface area contributed by atoms with Gasteiger partial charge in [-0.3, -0.25) is 0 Å². The molecule has 1 unspecified atom stereocenters. The molecule has 0 aromatic heterocycles. The Kier molecular flexibility index (Phi) is 1.53. The second kappa shape index (κ2) is 2.37. The molecule has 0 aliphatic heterocycles. The van der Waals surface area contributed by atoms with Crippen LogP contribution in [0.1, 0.15) is 12.0 Å². The minimum Gasteiger partial charge on any atom is -0.302 e. The smallest absolute Gasteiger partial charge is 0.265 e. The van der Waals surface area contributed by atoms with Crippen LogP contribution in [0.15, 0.2) is 30.3 Å². The molecular formula is C10H8F2O. The van der Waals surface area contributed by atoms with Crippen molar-refractivity contribution in [2.45, 2.75) is 17.8 Å². The van der Waals surface area contributed by atoms with Crippen molar-refractivity contribution in [1.82, 2.24) is 0 Å². The van der Waals surface area contributed by atoms with Crippen molar-refractivity contribution in [1.29, 1.82) is 0 Å². The van der Waals surface area contributed by atoms with Crippen molar-refractivity contribution in [3.63, 3.8) is 0 Å². The van der Waals surface area contributed by atoms with Crippen molar-refractivity contribution in [2.24, 2.45) is 0 Å². The lowest BCUT2D eigenvalue weighted by Crippen LogP contribution is -2.17. The number of hydrogen-bond donors (Lipinski definition) is 0. The first-order valence-corrected chi connectivity index (χ1v) is 4.02. The number of hydrogen-bond acceptors (Lipinski definition) is 1. The van der Waals surface area contributed by atoms with E-state index in [2.05, 4.69) is 0 Å². The SMILES string of the molecule is O=CC1(c2ccccc2)CC1(F)F. The predicted octanol–water partition coefficient (Wildman–Crippen LogP) is 2.16. The highest BCUT2D eigenvalue weighted by Crippen LogP contribution is 2.59. The van der Waals surface area contributed by atoms with Crippen LogP contribution in [0, 0.1) is 0 Å². The number of carbonyl (C=O) groups is 1. The maximum atomic E-state index is 12.9. The van der Waals surface area contributed by atoms with Crippen LogP contribution in [-0.2, 0) is 10.2 Å². The lowest BCUT2D eigenvalue weighted by Gasteiger charge is -2.07. The maximum Gasteiger partial charge on any atom is 0.265 e. The molecule has 0 spiro atoms. The number of halogens is 2. The fraction of sp³-hybridized carbons (Fsp3) is 0.300. The van der Waals surface area contributed by atoms with Crippen LogP contribution in [0.3, 0.4) is 0 Å². The standard InChI is InChI=1S/C10H8F2O/c11-10(12)6-9(10,7-13)8-4-2-1-3-5-8/h1-5,7H,6H2. The largest absolute Gasteiger partial charge is 0.302 e. The molecule has 1 saturated carbocycles. The predicted molar refractivity (Wildman–Crippen MR) is 43.7 cm³/mol. The van der Waals surface area contributed by atoms with E-state index < -0.39 is 11.3 Å². The quantitative estimate of drug-likeness (QED) is 0.640. The Morgan fingerprint density at radius 2 is 1.77 bits per heavy atom. The molecule has 1 aliphatic carbocycles. The average molecular weight is 182 g/mol. The molecule has 1 nitrogen and oxygen atoms in total. The fourth-order valence-electron chi connectivity index (χ4n) is 1.55. The monoisotopic (exact) mass is 182 g/mol. The van der Waals surface area contributed by atoms with Gasteiger partial charge in [0.2, 0.25) is 0 Å². The second-order valence-electron chi connectivity index (χ2n) is 3.34. The normalized spacial score (nSPS) is 29.7. The highest BCUT2D eigenvalue weighted by Gasteiger charge is 2.72. The molecule has 0 saturated heterocycles. The molecule has 1 fully saturated rings. The van der Waals surface area contributed by atoms with Crippen LogP contribution in [0.5, 0.6) is 0 Å². The van der Waals surface area contributed by atoms with Gasteiger partial charge in [-0.25, -0.2) is 8.78 Å². The van der Waals surface area contributed by atoms with Crippen LogP contribution in [0.25, 0.3) is 0 Å². The van der Waals surface area contributed by atoms with Gasteiger partial charge >= 0.3 is 0 Å². The Bertz CT molecular complexity index is 334. The van der Waals surface area contributed by atoms with Gasteiger partial charge in [-0.05, 0) is 5.56 Å². The van der Waals surface area contributed by atoms with E-state index in [1.165, 1.54) is 0 Å². The topological polar surface area (TPSA) is 17.1 Å². The molecule has 0 radical (unpaired) electrons. The molecular weight excluding hydrogens is 174 g/mol. The first-order valence-electron chi connectivity index (χ1n) is 4.02. The summed E-state index contributed by atoms with van der Waals surface area (Å²) < 4.78 is 25.8. The lowest BCUT2D eigenvalue weighted by molar-refractivity contribution is -0.112. The van der Waals surface area contributed by atoms with Crippen molar-refractivity contribution in [2.75, 3.05) is 0 Å². The lowest BCUT2D eigenvalue weighted by atomic mass is 9.97. The van der Waals surface area contributed by atoms with E-state index in [0.29, 0.717) is 11.8 Å². The van der Waals surface area contributed by atoms with Gasteiger partial charge in [0, 0.05) is 6.42 Å². The summed E-state index contributed by atoms with van der Waals surface area (Å²) in [7, 11) is 0. The molecule has 1 aromatic carbocycles. The highest BCUT2D eigenvalue weighted by molar-refractivity contribution is 5.76. The molecule has 3 heteroatoms. The molecule has 1 atom stereocenters. The van der Waals surface area contributed by atoms with Gasteiger partial charge in [-0.15, -0.1) is 0 Å². The summed E-state index contributed by atoms with van der Waals surface area (Å²) in [6.07, 6.45) is 0.00977. The Hall–Kier alpha value is -1.25. The molecule has 13 heavy (non-hydrogen) atoms. The number of carbonyl (C=O) groups excluding carboxylic acids is 1. The molecule has 68 valence electrons. The van der Waals surface area contributed by atoms with Crippen LogP contribution < -0.4 is 0 Å². The van der Waals surface area contributed by atoms with Gasteiger partial charge in [0.15, 0.2) is 0 Å². The highest BCUT2D eigenvalue weighted by atomic mass is 19.3. The van der Waals surface area contributed by atoms with Gasteiger partial charge in [0.25, 0.3) is 5.92 Å². The Morgan fingerprint density at radius 1 is 1.23 bits per heavy atom. The molecule has 0 heterocycles. The van der Waals surface area contributed by atoms with Crippen LogP contribution in [0.4, 0.5) is 8.78 Å². The Morgan fingerprint density at radius 3 is 2.15 bits per heavy atom.